The SMILES string of the molecule is COc1cc(N)ccc1SCC1CCCc2ccccc21. The first-order valence-corrected chi connectivity index (χ1v) is 8.40. The first-order chi connectivity index (χ1) is 10.3. The number of rotatable bonds is 4. The first-order valence-electron chi connectivity index (χ1n) is 7.42. The van der Waals surface area contributed by atoms with Crippen LogP contribution < -0.4 is 10.5 Å². The fourth-order valence-corrected chi connectivity index (χ4v) is 4.20. The van der Waals surface area contributed by atoms with Crippen LogP contribution >= 0.6 is 11.8 Å². The Morgan fingerprint density at radius 1 is 1.24 bits per heavy atom. The summed E-state index contributed by atoms with van der Waals surface area (Å²) in [5.41, 5.74) is 9.62. The van der Waals surface area contributed by atoms with Crippen LogP contribution in [-0.2, 0) is 6.42 Å². The maximum Gasteiger partial charge on any atom is 0.134 e. The van der Waals surface area contributed by atoms with Crippen molar-refractivity contribution in [2.75, 3.05) is 18.6 Å². The fourth-order valence-electron chi connectivity index (χ4n) is 3.02. The van der Waals surface area contributed by atoms with E-state index < -0.39 is 0 Å². The molecule has 0 aliphatic heterocycles. The molecule has 0 bridgehead atoms. The van der Waals surface area contributed by atoms with Crippen molar-refractivity contribution in [1.82, 2.24) is 0 Å². The molecule has 3 rings (SSSR count). The summed E-state index contributed by atoms with van der Waals surface area (Å²) in [6.45, 7) is 0. The van der Waals surface area contributed by atoms with E-state index in [1.165, 1.54) is 35.3 Å². The third-order valence-corrected chi connectivity index (χ3v) is 5.34. The summed E-state index contributed by atoms with van der Waals surface area (Å²) in [6.07, 6.45) is 3.80. The molecule has 0 heterocycles. The lowest BCUT2D eigenvalue weighted by molar-refractivity contribution is 0.405. The Morgan fingerprint density at radius 2 is 2.10 bits per heavy atom. The Balaban J connectivity index is 1.74. The molecule has 1 atom stereocenters. The minimum Gasteiger partial charge on any atom is -0.496 e. The van der Waals surface area contributed by atoms with Gasteiger partial charge in [0.1, 0.15) is 5.75 Å². The highest BCUT2D eigenvalue weighted by molar-refractivity contribution is 7.99. The molecular weight excluding hydrogens is 278 g/mol. The molecule has 0 spiro atoms. The number of anilines is 1. The molecule has 1 unspecified atom stereocenters. The standard InChI is InChI=1S/C18H21NOS/c1-20-17-11-15(19)9-10-18(17)21-12-14-7-4-6-13-5-2-3-8-16(13)14/h2-3,5,8-11,14H,4,6-7,12,19H2,1H3. The summed E-state index contributed by atoms with van der Waals surface area (Å²) in [5.74, 6) is 2.61. The van der Waals surface area contributed by atoms with Gasteiger partial charge in [0.05, 0.1) is 7.11 Å². The Labute approximate surface area is 130 Å². The molecule has 0 saturated heterocycles. The van der Waals surface area contributed by atoms with Crippen molar-refractivity contribution >= 4 is 17.4 Å². The average molecular weight is 299 g/mol. The van der Waals surface area contributed by atoms with Crippen molar-refractivity contribution in [2.24, 2.45) is 0 Å². The zero-order valence-corrected chi connectivity index (χ0v) is 13.2. The van der Waals surface area contributed by atoms with Crippen LogP contribution in [0.25, 0.3) is 0 Å². The molecule has 21 heavy (non-hydrogen) atoms. The first kappa shape index (κ1) is 14.3. The number of thioether (sulfide) groups is 1. The van der Waals surface area contributed by atoms with Gasteiger partial charge in [0.25, 0.3) is 0 Å². The van der Waals surface area contributed by atoms with Gasteiger partial charge in [-0.05, 0) is 48.4 Å². The smallest absolute Gasteiger partial charge is 0.134 e. The van der Waals surface area contributed by atoms with Gasteiger partial charge in [0.15, 0.2) is 0 Å². The summed E-state index contributed by atoms with van der Waals surface area (Å²) in [4.78, 5) is 1.18. The molecule has 0 radical (unpaired) electrons. The van der Waals surface area contributed by atoms with Crippen LogP contribution in [0, 0.1) is 0 Å². The fraction of sp³-hybridized carbons (Fsp3) is 0.333. The number of nitrogen functional groups attached to an aromatic ring is 1. The molecule has 2 aromatic carbocycles. The molecule has 0 saturated carbocycles. The van der Waals surface area contributed by atoms with Crippen LogP contribution in [0.4, 0.5) is 5.69 Å². The molecule has 1 aliphatic rings. The van der Waals surface area contributed by atoms with Crippen molar-refractivity contribution < 1.29 is 4.74 Å². The van der Waals surface area contributed by atoms with Crippen LogP contribution in [0.2, 0.25) is 0 Å². The van der Waals surface area contributed by atoms with Gasteiger partial charge in [0, 0.05) is 22.4 Å². The lowest BCUT2D eigenvalue weighted by Crippen LogP contribution is -2.11. The van der Waals surface area contributed by atoms with Crippen molar-refractivity contribution in [3.8, 4) is 5.75 Å². The van der Waals surface area contributed by atoms with Gasteiger partial charge in [-0.15, -0.1) is 11.8 Å². The molecule has 1 aliphatic carbocycles. The van der Waals surface area contributed by atoms with Crippen molar-refractivity contribution in [2.45, 2.75) is 30.1 Å². The van der Waals surface area contributed by atoms with Gasteiger partial charge in [-0.3, -0.25) is 0 Å². The Hall–Kier alpha value is -1.61. The highest BCUT2D eigenvalue weighted by Crippen LogP contribution is 2.38. The number of hydrogen-bond donors (Lipinski definition) is 1. The molecule has 2 N–H and O–H groups in total. The number of aryl methyl sites for hydroxylation is 1. The highest BCUT2D eigenvalue weighted by Gasteiger charge is 2.20. The van der Waals surface area contributed by atoms with Gasteiger partial charge < -0.3 is 10.5 Å². The van der Waals surface area contributed by atoms with E-state index in [2.05, 4.69) is 30.3 Å². The molecule has 110 valence electrons. The number of hydrogen-bond acceptors (Lipinski definition) is 3. The number of methoxy groups -OCH3 is 1. The van der Waals surface area contributed by atoms with E-state index >= 15 is 0 Å². The number of nitrogens with two attached hydrogens (primary N) is 1. The van der Waals surface area contributed by atoms with Crippen LogP contribution in [0.1, 0.15) is 29.9 Å². The van der Waals surface area contributed by atoms with Gasteiger partial charge in [-0.1, -0.05) is 24.3 Å². The molecule has 2 nitrogen and oxygen atoms in total. The average Bonchev–Trinajstić information content (AvgIpc) is 2.53. The second-order valence-electron chi connectivity index (χ2n) is 5.51. The lowest BCUT2D eigenvalue weighted by atomic mass is 9.84. The van der Waals surface area contributed by atoms with E-state index in [1.54, 1.807) is 7.11 Å². The van der Waals surface area contributed by atoms with E-state index in [0.717, 1.165) is 17.2 Å². The van der Waals surface area contributed by atoms with Gasteiger partial charge in [0.2, 0.25) is 0 Å². The van der Waals surface area contributed by atoms with Crippen LogP contribution in [0.3, 0.4) is 0 Å². The summed E-state index contributed by atoms with van der Waals surface area (Å²) >= 11 is 1.87. The normalized spacial score (nSPS) is 17.3. The Kier molecular flexibility index (Phi) is 4.39. The van der Waals surface area contributed by atoms with E-state index in [9.17, 15) is 0 Å². The molecular formula is C18H21NOS. The lowest BCUT2D eigenvalue weighted by Gasteiger charge is -2.25. The zero-order valence-electron chi connectivity index (χ0n) is 12.3. The summed E-state index contributed by atoms with van der Waals surface area (Å²) in [5, 5.41) is 0. The van der Waals surface area contributed by atoms with Crippen LogP contribution in [0.5, 0.6) is 5.75 Å². The minimum atomic E-state index is 0.641. The van der Waals surface area contributed by atoms with E-state index in [4.69, 9.17) is 10.5 Å². The zero-order chi connectivity index (χ0) is 14.7. The van der Waals surface area contributed by atoms with E-state index in [-0.39, 0.29) is 0 Å². The summed E-state index contributed by atoms with van der Waals surface area (Å²) in [6, 6.07) is 14.8. The van der Waals surface area contributed by atoms with Gasteiger partial charge in [-0.2, -0.15) is 0 Å². The van der Waals surface area contributed by atoms with E-state index in [0.29, 0.717) is 5.92 Å². The Morgan fingerprint density at radius 3 is 2.95 bits per heavy atom. The Bertz CT molecular complexity index is 626. The van der Waals surface area contributed by atoms with Crippen molar-refractivity contribution in [3.05, 3.63) is 53.6 Å². The second-order valence-corrected chi connectivity index (χ2v) is 6.57. The third-order valence-electron chi connectivity index (χ3n) is 4.12. The molecule has 0 fully saturated rings. The summed E-state index contributed by atoms with van der Waals surface area (Å²) in [7, 11) is 1.70. The van der Waals surface area contributed by atoms with Gasteiger partial charge in [-0.25, -0.2) is 0 Å². The number of fused-ring (bicyclic) bond motifs is 1. The maximum atomic E-state index is 5.82. The molecule has 0 amide bonds. The third kappa shape index (κ3) is 3.18. The van der Waals surface area contributed by atoms with Crippen LogP contribution in [-0.4, -0.2) is 12.9 Å². The second kappa shape index (κ2) is 6.44. The maximum absolute atomic E-state index is 5.82. The molecule has 0 aromatic heterocycles. The predicted octanol–water partition coefficient (Wildman–Crippen LogP) is 4.49. The molecule has 2 aromatic rings. The molecule has 3 heteroatoms. The highest BCUT2D eigenvalue weighted by atomic mass is 32.2. The van der Waals surface area contributed by atoms with E-state index in [1.807, 2.05) is 23.9 Å². The number of benzene rings is 2. The number of ether oxygens (including phenoxy) is 1. The predicted molar refractivity (Wildman–Crippen MR) is 90.3 cm³/mol. The minimum absolute atomic E-state index is 0.641. The van der Waals surface area contributed by atoms with Crippen molar-refractivity contribution in [3.63, 3.8) is 0 Å². The van der Waals surface area contributed by atoms with Gasteiger partial charge >= 0.3 is 0 Å². The monoisotopic (exact) mass is 299 g/mol. The quantitative estimate of drug-likeness (QED) is 0.667. The van der Waals surface area contributed by atoms with Crippen molar-refractivity contribution in [1.29, 1.82) is 0 Å². The summed E-state index contributed by atoms with van der Waals surface area (Å²) < 4.78 is 5.43. The largest absolute Gasteiger partial charge is 0.496 e. The topological polar surface area (TPSA) is 35.2 Å². The van der Waals surface area contributed by atoms with Crippen LogP contribution in [0.15, 0.2) is 47.4 Å².